The molecule has 0 saturated heterocycles. The summed E-state index contributed by atoms with van der Waals surface area (Å²) in [5.74, 6) is 0. The normalized spacial score (nSPS) is 10.1. The van der Waals surface area contributed by atoms with Gasteiger partial charge in [0.15, 0.2) is 0 Å². The summed E-state index contributed by atoms with van der Waals surface area (Å²) in [5, 5.41) is 3.84. The van der Waals surface area contributed by atoms with Crippen LogP contribution in [-0.2, 0) is 6.54 Å². The molecule has 0 aliphatic rings. The van der Waals surface area contributed by atoms with Crippen LogP contribution in [0.5, 0.6) is 0 Å². The number of halogens is 2. The summed E-state index contributed by atoms with van der Waals surface area (Å²) in [5.41, 5.74) is 1.12. The van der Waals surface area contributed by atoms with Gasteiger partial charge in [-0.1, -0.05) is 33.6 Å². The van der Waals surface area contributed by atoms with Crippen LogP contribution in [0.2, 0.25) is 5.02 Å². The minimum absolute atomic E-state index is 0.800. The highest BCUT2D eigenvalue weighted by Gasteiger charge is 1.98. The number of hydrogen-bond acceptors (Lipinski definition) is 1. The zero-order valence-corrected chi connectivity index (χ0v) is 8.54. The lowest BCUT2D eigenvalue weighted by molar-refractivity contribution is 0.818. The van der Waals surface area contributed by atoms with E-state index < -0.39 is 0 Å². The summed E-state index contributed by atoms with van der Waals surface area (Å²) < 4.78 is 1.02. The molecule has 1 aromatic carbocycles. The van der Waals surface area contributed by atoms with Gasteiger partial charge in [0.2, 0.25) is 0 Å². The highest BCUT2D eigenvalue weighted by molar-refractivity contribution is 9.10. The van der Waals surface area contributed by atoms with Crippen LogP contribution in [0.3, 0.4) is 0 Å². The summed E-state index contributed by atoms with van der Waals surface area (Å²) in [7, 11) is 1.90. The fourth-order valence-corrected chi connectivity index (χ4v) is 1.60. The van der Waals surface area contributed by atoms with E-state index >= 15 is 0 Å². The molecule has 0 amide bonds. The molecule has 0 aliphatic heterocycles. The lowest BCUT2D eigenvalue weighted by Crippen LogP contribution is -2.05. The molecule has 11 heavy (non-hydrogen) atoms. The predicted octanol–water partition coefficient (Wildman–Crippen LogP) is 2.82. The van der Waals surface area contributed by atoms with E-state index in [1.54, 1.807) is 0 Å². The van der Waals surface area contributed by atoms with Crippen LogP contribution >= 0.6 is 27.5 Å². The van der Waals surface area contributed by atoms with Crippen LogP contribution in [0.4, 0.5) is 0 Å². The van der Waals surface area contributed by atoms with Crippen LogP contribution < -0.4 is 5.32 Å². The molecule has 0 bridgehead atoms. The Kier molecular flexibility index (Phi) is 3.37. The van der Waals surface area contributed by atoms with E-state index in [-0.39, 0.29) is 0 Å². The fourth-order valence-electron chi connectivity index (χ4n) is 0.855. The van der Waals surface area contributed by atoms with Gasteiger partial charge < -0.3 is 5.32 Å². The van der Waals surface area contributed by atoms with Gasteiger partial charge in [-0.15, -0.1) is 0 Å². The quantitative estimate of drug-likeness (QED) is 0.830. The van der Waals surface area contributed by atoms with Crippen molar-refractivity contribution in [3.8, 4) is 0 Å². The van der Waals surface area contributed by atoms with Gasteiger partial charge in [0.1, 0.15) is 0 Å². The first-order valence-corrected chi connectivity index (χ1v) is 4.49. The average molecular weight is 235 g/mol. The molecular weight excluding hydrogens is 225 g/mol. The van der Waals surface area contributed by atoms with Crippen LogP contribution in [0.1, 0.15) is 5.56 Å². The monoisotopic (exact) mass is 233 g/mol. The molecule has 1 nitrogen and oxygen atoms in total. The van der Waals surface area contributed by atoms with Crippen molar-refractivity contribution in [2.45, 2.75) is 6.54 Å². The van der Waals surface area contributed by atoms with Gasteiger partial charge in [-0.2, -0.15) is 0 Å². The molecule has 1 aromatic rings. The van der Waals surface area contributed by atoms with Crippen molar-refractivity contribution in [1.82, 2.24) is 5.32 Å². The maximum Gasteiger partial charge on any atom is 0.0462 e. The zero-order valence-electron chi connectivity index (χ0n) is 6.20. The summed E-state index contributed by atoms with van der Waals surface area (Å²) >= 11 is 9.28. The second-order valence-electron chi connectivity index (χ2n) is 2.27. The summed E-state index contributed by atoms with van der Waals surface area (Å²) in [6, 6.07) is 5.88. The van der Waals surface area contributed by atoms with Crippen molar-refractivity contribution in [2.75, 3.05) is 7.05 Å². The molecule has 0 fully saturated rings. The lowest BCUT2D eigenvalue weighted by atomic mass is 10.2. The summed E-state index contributed by atoms with van der Waals surface area (Å²) in [6.07, 6.45) is 0. The molecular formula is C8H9BrClN. The summed E-state index contributed by atoms with van der Waals surface area (Å²) in [6.45, 7) is 0.812. The second kappa shape index (κ2) is 4.10. The van der Waals surface area contributed by atoms with Crippen molar-refractivity contribution in [2.24, 2.45) is 0 Å². The van der Waals surface area contributed by atoms with E-state index in [9.17, 15) is 0 Å². The van der Waals surface area contributed by atoms with E-state index in [0.29, 0.717) is 0 Å². The molecule has 3 heteroatoms. The minimum atomic E-state index is 0.800. The summed E-state index contributed by atoms with van der Waals surface area (Å²) in [4.78, 5) is 0. The van der Waals surface area contributed by atoms with Crippen molar-refractivity contribution in [3.63, 3.8) is 0 Å². The highest BCUT2D eigenvalue weighted by atomic mass is 79.9. The molecule has 60 valence electrons. The maximum absolute atomic E-state index is 5.94. The number of rotatable bonds is 2. The first-order chi connectivity index (χ1) is 5.24. The number of hydrogen-bond donors (Lipinski definition) is 1. The molecule has 0 aromatic heterocycles. The Bertz CT molecular complexity index is 250. The van der Waals surface area contributed by atoms with E-state index in [2.05, 4.69) is 21.2 Å². The lowest BCUT2D eigenvalue weighted by Gasteiger charge is -2.02. The Balaban J connectivity index is 2.90. The fraction of sp³-hybridized carbons (Fsp3) is 0.250. The second-order valence-corrected chi connectivity index (χ2v) is 3.59. The van der Waals surface area contributed by atoms with Gasteiger partial charge in [-0.3, -0.25) is 0 Å². The van der Waals surface area contributed by atoms with Gasteiger partial charge in [-0.25, -0.2) is 0 Å². The van der Waals surface area contributed by atoms with Crippen LogP contribution in [0.15, 0.2) is 22.7 Å². The number of benzene rings is 1. The maximum atomic E-state index is 5.94. The molecule has 1 N–H and O–H groups in total. The van der Waals surface area contributed by atoms with Crippen LogP contribution in [0.25, 0.3) is 0 Å². The van der Waals surface area contributed by atoms with E-state index in [4.69, 9.17) is 11.6 Å². The molecule has 0 atom stereocenters. The Labute approximate surface area is 79.9 Å². The molecule has 0 heterocycles. The Morgan fingerprint density at radius 3 is 2.82 bits per heavy atom. The molecule has 1 rings (SSSR count). The van der Waals surface area contributed by atoms with Gasteiger partial charge in [-0.05, 0) is 24.7 Å². The van der Waals surface area contributed by atoms with Crippen molar-refractivity contribution >= 4 is 27.5 Å². The molecule has 0 unspecified atom stereocenters. The predicted molar refractivity (Wildman–Crippen MR) is 51.9 cm³/mol. The topological polar surface area (TPSA) is 12.0 Å². The molecule has 0 aliphatic carbocycles. The Morgan fingerprint density at radius 1 is 1.55 bits per heavy atom. The van der Waals surface area contributed by atoms with Gasteiger partial charge >= 0.3 is 0 Å². The Hall–Kier alpha value is -0.0500. The molecule has 0 saturated carbocycles. The first-order valence-electron chi connectivity index (χ1n) is 3.32. The first kappa shape index (κ1) is 9.04. The van der Waals surface area contributed by atoms with Gasteiger partial charge in [0.05, 0.1) is 0 Å². The third-order valence-electron chi connectivity index (χ3n) is 1.38. The third kappa shape index (κ3) is 2.47. The third-order valence-corrected chi connectivity index (χ3v) is 2.23. The smallest absolute Gasteiger partial charge is 0.0462 e. The van der Waals surface area contributed by atoms with Crippen LogP contribution in [-0.4, -0.2) is 7.05 Å². The van der Waals surface area contributed by atoms with Gasteiger partial charge in [0.25, 0.3) is 0 Å². The molecule has 0 spiro atoms. The molecule has 0 radical (unpaired) electrons. The van der Waals surface area contributed by atoms with Crippen LogP contribution in [0, 0.1) is 0 Å². The Morgan fingerprint density at radius 2 is 2.27 bits per heavy atom. The minimum Gasteiger partial charge on any atom is -0.316 e. The number of nitrogens with one attached hydrogen (secondary N) is 1. The van der Waals surface area contributed by atoms with Crippen molar-refractivity contribution < 1.29 is 0 Å². The van der Waals surface area contributed by atoms with E-state index in [0.717, 1.165) is 21.6 Å². The van der Waals surface area contributed by atoms with Gasteiger partial charge in [0, 0.05) is 16.0 Å². The largest absolute Gasteiger partial charge is 0.316 e. The van der Waals surface area contributed by atoms with Crippen molar-refractivity contribution in [3.05, 3.63) is 33.3 Å². The average Bonchev–Trinajstić information content (AvgIpc) is 1.95. The standard InChI is InChI=1S/C8H9BrClN/c1-11-5-6-2-3-7(9)4-8(6)10/h2-4,11H,5H2,1H3. The van der Waals surface area contributed by atoms with E-state index in [1.165, 1.54) is 0 Å². The SMILES string of the molecule is CNCc1ccc(Br)cc1Cl. The zero-order chi connectivity index (χ0) is 8.27. The van der Waals surface area contributed by atoms with Crippen molar-refractivity contribution in [1.29, 1.82) is 0 Å². The highest BCUT2D eigenvalue weighted by Crippen LogP contribution is 2.20. The van der Waals surface area contributed by atoms with E-state index in [1.807, 2.05) is 25.2 Å².